The third-order valence-corrected chi connectivity index (χ3v) is 5.17. The summed E-state index contributed by atoms with van der Waals surface area (Å²) in [5.41, 5.74) is 0.784. The number of nitrogens with zero attached hydrogens (tertiary/aromatic N) is 1. The van der Waals surface area contributed by atoms with E-state index in [4.69, 9.17) is 9.47 Å². The van der Waals surface area contributed by atoms with Crippen molar-refractivity contribution in [1.82, 2.24) is 0 Å². The maximum absolute atomic E-state index is 12.7. The van der Waals surface area contributed by atoms with Crippen LogP contribution in [0.4, 0.5) is 11.4 Å². The molecule has 1 aliphatic rings. The van der Waals surface area contributed by atoms with E-state index in [9.17, 15) is 13.2 Å². The van der Waals surface area contributed by atoms with Crippen LogP contribution < -0.4 is 19.1 Å². The summed E-state index contributed by atoms with van der Waals surface area (Å²) < 4.78 is 38.8. The molecule has 0 saturated carbocycles. The lowest BCUT2D eigenvalue weighted by Crippen LogP contribution is -2.25. The van der Waals surface area contributed by atoms with E-state index >= 15 is 0 Å². The third-order valence-electron chi connectivity index (χ3n) is 3.81. The average molecular weight is 362 g/mol. The predicted octanol–water partition coefficient (Wildman–Crippen LogP) is 2.24. The third kappa shape index (κ3) is 3.53. The fourth-order valence-electron chi connectivity index (χ4n) is 2.42. The zero-order valence-electron chi connectivity index (χ0n) is 13.9. The molecule has 2 aromatic carbocycles. The van der Waals surface area contributed by atoms with Crippen LogP contribution in [-0.4, -0.2) is 34.6 Å². The fourth-order valence-corrected chi connectivity index (χ4v) is 3.51. The van der Waals surface area contributed by atoms with Gasteiger partial charge >= 0.3 is 0 Å². The number of amides is 1. The van der Waals surface area contributed by atoms with Crippen molar-refractivity contribution in [3.63, 3.8) is 0 Å². The minimum atomic E-state index is -3.85. The smallest absolute Gasteiger partial charge is 0.262 e. The van der Waals surface area contributed by atoms with E-state index in [0.717, 1.165) is 0 Å². The number of rotatable bonds is 4. The fraction of sp³-hybridized carbons (Fsp3) is 0.235. The number of carbonyl (C=O) groups is 1. The molecule has 3 rings (SSSR count). The lowest BCUT2D eigenvalue weighted by atomic mass is 10.2. The number of ether oxygens (including phenoxy) is 2. The molecule has 1 aliphatic heterocycles. The normalized spacial score (nSPS) is 13.2. The first-order chi connectivity index (χ1) is 11.9. The topological polar surface area (TPSA) is 84.9 Å². The van der Waals surface area contributed by atoms with E-state index in [2.05, 4.69) is 4.72 Å². The number of para-hydroxylation sites is 2. The van der Waals surface area contributed by atoms with Gasteiger partial charge in [-0.3, -0.25) is 9.52 Å². The van der Waals surface area contributed by atoms with Gasteiger partial charge in [0.15, 0.2) is 11.5 Å². The van der Waals surface area contributed by atoms with Crippen LogP contribution in [0.2, 0.25) is 0 Å². The molecule has 1 N–H and O–H groups in total. The monoisotopic (exact) mass is 362 g/mol. The molecule has 8 heteroatoms. The van der Waals surface area contributed by atoms with Gasteiger partial charge in [0.05, 0.1) is 16.3 Å². The van der Waals surface area contributed by atoms with Gasteiger partial charge < -0.3 is 14.4 Å². The van der Waals surface area contributed by atoms with Crippen LogP contribution in [0.1, 0.15) is 6.92 Å². The first-order valence-electron chi connectivity index (χ1n) is 7.64. The molecule has 0 bridgehead atoms. The van der Waals surface area contributed by atoms with Crippen LogP contribution in [-0.2, 0) is 14.8 Å². The maximum atomic E-state index is 12.7. The summed E-state index contributed by atoms with van der Waals surface area (Å²) in [5, 5.41) is 0. The standard InChI is InChI=1S/C17H18N2O5S/c1-12(20)19(2)15-6-4-3-5-14(15)18-25(21,22)13-7-8-16-17(11-13)24-10-9-23-16/h3-8,11,18H,9-10H2,1-2H3. The van der Waals surface area contributed by atoms with Gasteiger partial charge in [-0.15, -0.1) is 0 Å². The Bertz CT molecular complexity index is 911. The SMILES string of the molecule is CC(=O)N(C)c1ccccc1NS(=O)(=O)c1ccc2c(c1)OCCO2. The number of hydrogen-bond donors (Lipinski definition) is 1. The summed E-state index contributed by atoms with van der Waals surface area (Å²) in [6.45, 7) is 2.21. The lowest BCUT2D eigenvalue weighted by Gasteiger charge is -2.21. The Morgan fingerprint density at radius 1 is 1.08 bits per heavy atom. The molecule has 0 atom stereocenters. The molecule has 1 amide bonds. The molecule has 7 nitrogen and oxygen atoms in total. The molecule has 132 valence electrons. The molecular weight excluding hydrogens is 344 g/mol. The van der Waals surface area contributed by atoms with Crippen molar-refractivity contribution < 1.29 is 22.7 Å². The summed E-state index contributed by atoms with van der Waals surface area (Å²) in [6.07, 6.45) is 0. The number of fused-ring (bicyclic) bond motifs is 1. The number of nitrogens with one attached hydrogen (secondary N) is 1. The van der Waals surface area contributed by atoms with Crippen LogP contribution in [0.15, 0.2) is 47.4 Å². The molecule has 1 heterocycles. The summed E-state index contributed by atoms with van der Waals surface area (Å²) in [7, 11) is -2.27. The van der Waals surface area contributed by atoms with Crippen molar-refractivity contribution in [3.05, 3.63) is 42.5 Å². The largest absolute Gasteiger partial charge is 0.486 e. The Morgan fingerprint density at radius 2 is 1.76 bits per heavy atom. The van der Waals surface area contributed by atoms with Crippen molar-refractivity contribution >= 4 is 27.3 Å². The summed E-state index contributed by atoms with van der Waals surface area (Å²) in [5.74, 6) is 0.705. The highest BCUT2D eigenvalue weighted by molar-refractivity contribution is 7.92. The van der Waals surface area contributed by atoms with Gasteiger partial charge in [-0.2, -0.15) is 0 Å². The van der Waals surface area contributed by atoms with Crippen molar-refractivity contribution in [1.29, 1.82) is 0 Å². The van der Waals surface area contributed by atoms with Gasteiger partial charge in [-0.1, -0.05) is 12.1 Å². The van der Waals surface area contributed by atoms with Crippen LogP contribution in [0.3, 0.4) is 0 Å². The Morgan fingerprint density at radius 3 is 2.48 bits per heavy atom. The molecule has 0 unspecified atom stereocenters. The maximum Gasteiger partial charge on any atom is 0.262 e. The molecule has 0 aromatic heterocycles. The van der Waals surface area contributed by atoms with Crippen LogP contribution >= 0.6 is 0 Å². The van der Waals surface area contributed by atoms with Crippen molar-refractivity contribution in [3.8, 4) is 11.5 Å². The molecule has 25 heavy (non-hydrogen) atoms. The molecular formula is C17H18N2O5S. The predicted molar refractivity (Wildman–Crippen MR) is 93.8 cm³/mol. The van der Waals surface area contributed by atoms with Crippen LogP contribution in [0.5, 0.6) is 11.5 Å². The molecule has 0 aliphatic carbocycles. The van der Waals surface area contributed by atoms with E-state index < -0.39 is 10.0 Å². The van der Waals surface area contributed by atoms with E-state index in [-0.39, 0.29) is 10.8 Å². The van der Waals surface area contributed by atoms with Crippen molar-refractivity contribution in [2.75, 3.05) is 29.9 Å². The van der Waals surface area contributed by atoms with Gasteiger partial charge in [0.2, 0.25) is 5.91 Å². The lowest BCUT2D eigenvalue weighted by molar-refractivity contribution is -0.116. The minimum absolute atomic E-state index is 0.0528. The number of benzene rings is 2. The average Bonchev–Trinajstić information content (AvgIpc) is 2.60. The highest BCUT2D eigenvalue weighted by atomic mass is 32.2. The summed E-state index contributed by atoms with van der Waals surface area (Å²) in [6, 6.07) is 11.1. The number of anilines is 2. The zero-order valence-corrected chi connectivity index (χ0v) is 14.7. The minimum Gasteiger partial charge on any atom is -0.486 e. The molecule has 0 spiro atoms. The first-order valence-corrected chi connectivity index (χ1v) is 9.12. The van der Waals surface area contributed by atoms with Gasteiger partial charge in [0, 0.05) is 20.0 Å². The quantitative estimate of drug-likeness (QED) is 0.902. The molecule has 0 fully saturated rings. The van der Waals surface area contributed by atoms with Gasteiger partial charge in [0.25, 0.3) is 10.0 Å². The Labute approximate surface area is 146 Å². The molecule has 0 saturated heterocycles. The number of hydrogen-bond acceptors (Lipinski definition) is 5. The highest BCUT2D eigenvalue weighted by Gasteiger charge is 2.21. The number of carbonyl (C=O) groups excluding carboxylic acids is 1. The van der Waals surface area contributed by atoms with Gasteiger partial charge in [-0.25, -0.2) is 8.42 Å². The van der Waals surface area contributed by atoms with Gasteiger partial charge in [0.1, 0.15) is 13.2 Å². The molecule has 2 aromatic rings. The summed E-state index contributed by atoms with van der Waals surface area (Å²) in [4.78, 5) is 13.0. The zero-order chi connectivity index (χ0) is 18.0. The van der Waals surface area contributed by atoms with Crippen molar-refractivity contribution in [2.45, 2.75) is 11.8 Å². The van der Waals surface area contributed by atoms with Crippen molar-refractivity contribution in [2.24, 2.45) is 0 Å². The Kier molecular flexibility index (Phi) is 4.54. The first kappa shape index (κ1) is 17.1. The summed E-state index contributed by atoms with van der Waals surface area (Å²) >= 11 is 0. The van der Waals surface area contributed by atoms with E-state index in [1.165, 1.54) is 24.0 Å². The van der Waals surface area contributed by atoms with Crippen LogP contribution in [0, 0.1) is 0 Å². The van der Waals surface area contributed by atoms with Crippen LogP contribution in [0.25, 0.3) is 0 Å². The number of sulfonamides is 1. The Hall–Kier alpha value is -2.74. The Balaban J connectivity index is 1.94. The van der Waals surface area contributed by atoms with E-state index in [1.54, 1.807) is 37.4 Å². The second-order valence-corrected chi connectivity index (χ2v) is 7.19. The highest BCUT2D eigenvalue weighted by Crippen LogP contribution is 2.33. The van der Waals surface area contributed by atoms with E-state index in [1.807, 2.05) is 0 Å². The second kappa shape index (κ2) is 6.64. The second-order valence-electron chi connectivity index (χ2n) is 5.51. The van der Waals surface area contributed by atoms with Gasteiger partial charge in [-0.05, 0) is 24.3 Å². The molecule has 0 radical (unpaired) electrons. The van der Waals surface area contributed by atoms with E-state index in [0.29, 0.717) is 36.1 Å².